The van der Waals surface area contributed by atoms with Gasteiger partial charge in [0.1, 0.15) is 0 Å². The Morgan fingerprint density at radius 3 is 2.95 bits per heavy atom. The van der Waals surface area contributed by atoms with Crippen LogP contribution in [0, 0.1) is 0 Å². The lowest BCUT2D eigenvalue weighted by Crippen LogP contribution is -2.32. The molecular formula is C16H22BrNO2S. The average molecular weight is 372 g/mol. The first-order chi connectivity index (χ1) is 10.2. The summed E-state index contributed by atoms with van der Waals surface area (Å²) in [7, 11) is 0. The van der Waals surface area contributed by atoms with Crippen LogP contribution in [0.3, 0.4) is 0 Å². The van der Waals surface area contributed by atoms with Crippen LogP contribution >= 0.6 is 27.7 Å². The quantitative estimate of drug-likeness (QED) is 0.866. The van der Waals surface area contributed by atoms with Crippen molar-refractivity contribution < 1.29 is 9.47 Å². The second-order valence-corrected chi connectivity index (χ2v) is 8.50. The topological polar surface area (TPSA) is 30.5 Å². The molecule has 0 aliphatic carbocycles. The molecule has 0 amide bonds. The first kappa shape index (κ1) is 15.5. The Balaban J connectivity index is 1.63. The van der Waals surface area contributed by atoms with Crippen LogP contribution < -0.4 is 14.8 Å². The number of thioether (sulfide) groups is 1. The van der Waals surface area contributed by atoms with Crippen LogP contribution in [-0.4, -0.2) is 30.3 Å². The number of nitrogens with one attached hydrogen (secondary N) is 1. The molecule has 1 aromatic rings. The minimum atomic E-state index is 0.405. The van der Waals surface area contributed by atoms with Crippen LogP contribution in [0.15, 0.2) is 16.6 Å². The summed E-state index contributed by atoms with van der Waals surface area (Å²) in [4.78, 5) is 0. The number of hydrogen-bond donors (Lipinski definition) is 1. The highest BCUT2D eigenvalue weighted by Crippen LogP contribution is 2.39. The molecule has 3 nitrogen and oxygen atoms in total. The summed E-state index contributed by atoms with van der Waals surface area (Å²) < 4.78 is 12.9. The van der Waals surface area contributed by atoms with Gasteiger partial charge in [0.2, 0.25) is 0 Å². The van der Waals surface area contributed by atoms with E-state index in [1.54, 1.807) is 0 Å². The number of halogens is 1. The predicted molar refractivity (Wildman–Crippen MR) is 91.6 cm³/mol. The van der Waals surface area contributed by atoms with Gasteiger partial charge in [-0.3, -0.25) is 0 Å². The minimum absolute atomic E-state index is 0.405. The van der Waals surface area contributed by atoms with E-state index in [1.807, 2.05) is 0 Å². The van der Waals surface area contributed by atoms with E-state index in [0.717, 1.165) is 48.7 Å². The van der Waals surface area contributed by atoms with E-state index in [-0.39, 0.29) is 0 Å². The van der Waals surface area contributed by atoms with Crippen molar-refractivity contribution in [2.24, 2.45) is 0 Å². The van der Waals surface area contributed by atoms with Gasteiger partial charge in [0.25, 0.3) is 0 Å². The van der Waals surface area contributed by atoms with Gasteiger partial charge in [-0.15, -0.1) is 0 Å². The molecule has 0 spiro atoms. The van der Waals surface area contributed by atoms with Crippen LogP contribution in [-0.2, 0) is 6.54 Å². The summed E-state index contributed by atoms with van der Waals surface area (Å²) in [6.45, 7) is 5.74. The molecular weight excluding hydrogens is 350 g/mol. The predicted octanol–water partition coefficient (Wildman–Crippen LogP) is 3.99. The second kappa shape index (κ2) is 6.80. The summed E-state index contributed by atoms with van der Waals surface area (Å²) in [5.74, 6) is 3.00. The van der Waals surface area contributed by atoms with E-state index < -0.39 is 0 Å². The van der Waals surface area contributed by atoms with E-state index >= 15 is 0 Å². The van der Waals surface area contributed by atoms with Crippen molar-refractivity contribution in [1.82, 2.24) is 5.32 Å². The molecule has 0 bridgehead atoms. The summed E-state index contributed by atoms with van der Waals surface area (Å²) in [5.41, 5.74) is 1.23. The molecule has 1 aromatic carbocycles. The van der Waals surface area contributed by atoms with Crippen molar-refractivity contribution in [2.45, 2.75) is 37.5 Å². The van der Waals surface area contributed by atoms with Gasteiger partial charge in [0.05, 0.1) is 17.7 Å². The van der Waals surface area contributed by atoms with Crippen molar-refractivity contribution in [3.05, 3.63) is 22.2 Å². The molecule has 3 rings (SSSR count). The van der Waals surface area contributed by atoms with E-state index in [0.29, 0.717) is 4.75 Å². The second-order valence-electron chi connectivity index (χ2n) is 5.96. The van der Waals surface area contributed by atoms with Crippen LogP contribution in [0.2, 0.25) is 0 Å². The molecule has 1 atom stereocenters. The largest absolute Gasteiger partial charge is 0.490 e. The number of benzene rings is 1. The molecule has 1 N–H and O–H groups in total. The third kappa shape index (κ3) is 3.88. The van der Waals surface area contributed by atoms with Gasteiger partial charge in [0, 0.05) is 24.3 Å². The molecule has 0 saturated carbocycles. The van der Waals surface area contributed by atoms with Crippen LogP contribution in [0.1, 0.15) is 31.7 Å². The third-order valence-electron chi connectivity index (χ3n) is 3.99. The van der Waals surface area contributed by atoms with Crippen molar-refractivity contribution in [3.63, 3.8) is 0 Å². The lowest BCUT2D eigenvalue weighted by atomic mass is 10.1. The molecule has 0 aromatic heterocycles. The Hall–Kier alpha value is -0.390. The Labute approximate surface area is 139 Å². The number of rotatable bonds is 4. The molecule has 5 heteroatoms. The lowest BCUT2D eigenvalue weighted by Gasteiger charge is -2.23. The summed E-state index contributed by atoms with van der Waals surface area (Å²) in [6, 6.07) is 4.23. The number of ether oxygens (including phenoxy) is 2. The summed E-state index contributed by atoms with van der Waals surface area (Å²) in [6.07, 6.45) is 3.60. The normalized spacial score (nSPS) is 24.9. The zero-order valence-corrected chi connectivity index (χ0v) is 14.8. The first-order valence-electron chi connectivity index (χ1n) is 7.59. The Bertz CT molecular complexity index is 503. The van der Waals surface area contributed by atoms with Crippen molar-refractivity contribution in [1.29, 1.82) is 0 Å². The minimum Gasteiger partial charge on any atom is -0.490 e. The fourth-order valence-corrected chi connectivity index (χ4v) is 4.71. The zero-order chi connectivity index (χ0) is 14.7. The number of hydrogen-bond acceptors (Lipinski definition) is 4. The molecule has 2 aliphatic rings. The van der Waals surface area contributed by atoms with Crippen LogP contribution in [0.25, 0.3) is 0 Å². The average Bonchev–Trinajstić information content (AvgIpc) is 2.73. The molecule has 2 heterocycles. The Kier molecular flexibility index (Phi) is 5.02. The maximum atomic E-state index is 5.78. The summed E-state index contributed by atoms with van der Waals surface area (Å²) in [5, 5.41) is 3.60. The van der Waals surface area contributed by atoms with Gasteiger partial charge < -0.3 is 14.8 Å². The zero-order valence-electron chi connectivity index (χ0n) is 12.4. The molecule has 2 aliphatic heterocycles. The van der Waals surface area contributed by atoms with Crippen molar-refractivity contribution >= 4 is 27.7 Å². The van der Waals surface area contributed by atoms with E-state index in [4.69, 9.17) is 9.47 Å². The smallest absolute Gasteiger partial charge is 0.175 e. The molecule has 21 heavy (non-hydrogen) atoms. The highest BCUT2D eigenvalue weighted by atomic mass is 79.9. The van der Waals surface area contributed by atoms with Gasteiger partial charge in [-0.1, -0.05) is 0 Å². The van der Waals surface area contributed by atoms with Gasteiger partial charge in [-0.2, -0.15) is 11.8 Å². The Morgan fingerprint density at radius 2 is 2.14 bits per heavy atom. The van der Waals surface area contributed by atoms with E-state index in [2.05, 4.69) is 52.1 Å². The highest BCUT2D eigenvalue weighted by Gasteiger charge is 2.28. The standard InChI is InChI=1S/C16H22BrNO2S/c1-16(4-2-7-21-16)11-18-10-12-8-13(17)15-14(9-12)19-5-3-6-20-15/h8-9,18H,2-7,10-11H2,1H3. The first-order valence-corrected chi connectivity index (χ1v) is 9.37. The third-order valence-corrected chi connectivity index (χ3v) is 6.12. The Morgan fingerprint density at radius 1 is 1.29 bits per heavy atom. The van der Waals surface area contributed by atoms with Gasteiger partial charge in [-0.05, 0) is 59.1 Å². The van der Waals surface area contributed by atoms with Gasteiger partial charge >= 0.3 is 0 Å². The van der Waals surface area contributed by atoms with Crippen LogP contribution in [0.5, 0.6) is 11.5 Å². The molecule has 1 saturated heterocycles. The lowest BCUT2D eigenvalue weighted by molar-refractivity contribution is 0.296. The molecule has 1 unspecified atom stereocenters. The molecule has 1 fully saturated rings. The van der Waals surface area contributed by atoms with Gasteiger partial charge in [-0.25, -0.2) is 0 Å². The van der Waals surface area contributed by atoms with Crippen molar-refractivity contribution in [3.8, 4) is 11.5 Å². The monoisotopic (exact) mass is 371 g/mol. The highest BCUT2D eigenvalue weighted by molar-refractivity contribution is 9.10. The number of fused-ring (bicyclic) bond motifs is 1. The van der Waals surface area contributed by atoms with Crippen LogP contribution in [0.4, 0.5) is 0 Å². The molecule has 116 valence electrons. The summed E-state index contributed by atoms with van der Waals surface area (Å²) >= 11 is 5.69. The van der Waals surface area contributed by atoms with E-state index in [9.17, 15) is 0 Å². The maximum absolute atomic E-state index is 5.78. The van der Waals surface area contributed by atoms with Crippen molar-refractivity contribution in [2.75, 3.05) is 25.5 Å². The fraction of sp³-hybridized carbons (Fsp3) is 0.625. The fourth-order valence-electron chi connectivity index (χ4n) is 2.83. The SMILES string of the molecule is CC1(CNCc2cc(Br)c3c(c2)OCCCO3)CCCS1. The van der Waals surface area contributed by atoms with E-state index in [1.165, 1.54) is 24.2 Å². The van der Waals surface area contributed by atoms with Gasteiger partial charge in [0.15, 0.2) is 11.5 Å². The molecule has 0 radical (unpaired) electrons. The maximum Gasteiger partial charge on any atom is 0.175 e.